The molecule has 0 saturated carbocycles. The van der Waals surface area contributed by atoms with E-state index in [1.165, 1.54) is 0 Å². The summed E-state index contributed by atoms with van der Waals surface area (Å²) in [6.07, 6.45) is 0.561. The summed E-state index contributed by atoms with van der Waals surface area (Å²) in [5.74, 6) is 2.01. The molecule has 6 heteroatoms. The van der Waals surface area contributed by atoms with Gasteiger partial charge in [0.25, 0.3) is 0 Å². The average Bonchev–Trinajstić information content (AvgIpc) is 2.74. The summed E-state index contributed by atoms with van der Waals surface area (Å²) in [4.78, 5) is 14.0. The van der Waals surface area contributed by atoms with E-state index in [4.69, 9.17) is 14.0 Å². The molecule has 0 bridgehead atoms. The van der Waals surface area contributed by atoms with Crippen molar-refractivity contribution in [3.05, 3.63) is 11.5 Å². The predicted molar refractivity (Wildman–Crippen MR) is 91.2 cm³/mol. The van der Waals surface area contributed by atoms with Gasteiger partial charge in [0.05, 0.1) is 11.2 Å². The first-order valence-corrected chi connectivity index (χ1v) is 8.35. The Bertz CT molecular complexity index is 491. The van der Waals surface area contributed by atoms with Gasteiger partial charge < -0.3 is 18.9 Å². The minimum absolute atomic E-state index is 0.124. The van der Waals surface area contributed by atoms with Crippen LogP contribution in [0.3, 0.4) is 0 Å². The fourth-order valence-corrected chi connectivity index (χ4v) is 2.76. The molecule has 2 heterocycles. The van der Waals surface area contributed by atoms with Gasteiger partial charge in [-0.3, -0.25) is 0 Å². The molecule has 5 nitrogen and oxygen atoms in total. The molecule has 0 aliphatic carbocycles. The molecule has 1 atom stereocenters. The second-order valence-corrected chi connectivity index (χ2v) is 8.61. The van der Waals surface area contributed by atoms with Crippen molar-refractivity contribution in [3.8, 4) is 0 Å². The SMILES string of the molecule is C[C@@H]1C/C(=C/B2OC(C)(C)C(C)(C)O2)CN1C(=O)OC(C)(C)C. The molecule has 2 aliphatic heterocycles. The third-order valence-corrected chi connectivity index (χ3v) is 4.73. The molecule has 1 amide bonds. The number of carbonyl (C=O) groups excluding carboxylic acids is 1. The van der Waals surface area contributed by atoms with E-state index in [9.17, 15) is 4.79 Å². The van der Waals surface area contributed by atoms with Crippen LogP contribution >= 0.6 is 0 Å². The second kappa shape index (κ2) is 5.81. The smallest absolute Gasteiger partial charge is 0.444 e. The molecule has 0 radical (unpaired) electrons. The lowest BCUT2D eigenvalue weighted by molar-refractivity contribution is 0.00578. The van der Waals surface area contributed by atoms with Crippen molar-refractivity contribution in [3.63, 3.8) is 0 Å². The summed E-state index contributed by atoms with van der Waals surface area (Å²) in [5.41, 5.74) is -0.00960. The molecule has 0 aromatic carbocycles. The van der Waals surface area contributed by atoms with E-state index < -0.39 is 5.60 Å². The summed E-state index contributed by atoms with van der Waals surface area (Å²) >= 11 is 0. The van der Waals surface area contributed by atoms with Crippen LogP contribution in [0.25, 0.3) is 0 Å². The topological polar surface area (TPSA) is 48.0 Å². The van der Waals surface area contributed by atoms with Gasteiger partial charge >= 0.3 is 13.2 Å². The van der Waals surface area contributed by atoms with Gasteiger partial charge in [0.2, 0.25) is 0 Å². The third-order valence-electron chi connectivity index (χ3n) is 4.73. The zero-order chi connectivity index (χ0) is 17.6. The van der Waals surface area contributed by atoms with Crippen molar-refractivity contribution < 1.29 is 18.8 Å². The molecule has 2 rings (SSSR count). The first-order valence-electron chi connectivity index (χ1n) is 8.35. The van der Waals surface area contributed by atoms with Gasteiger partial charge in [-0.1, -0.05) is 11.5 Å². The molecular formula is C17H30BNO4. The molecule has 0 spiro atoms. The van der Waals surface area contributed by atoms with Gasteiger partial charge in [-0.15, -0.1) is 0 Å². The first kappa shape index (κ1) is 18.3. The fourth-order valence-electron chi connectivity index (χ4n) is 2.76. The number of ether oxygens (including phenoxy) is 1. The normalized spacial score (nSPS) is 28.5. The number of hydrogen-bond donors (Lipinski definition) is 0. The van der Waals surface area contributed by atoms with E-state index in [2.05, 4.69) is 0 Å². The lowest BCUT2D eigenvalue weighted by Gasteiger charge is -2.32. The molecule has 0 aromatic rings. The van der Waals surface area contributed by atoms with E-state index in [1.807, 2.05) is 61.4 Å². The van der Waals surface area contributed by atoms with Crippen molar-refractivity contribution >= 4 is 13.2 Å². The van der Waals surface area contributed by atoms with Crippen LogP contribution in [0.15, 0.2) is 11.5 Å². The molecule has 0 N–H and O–H groups in total. The van der Waals surface area contributed by atoms with E-state index >= 15 is 0 Å². The van der Waals surface area contributed by atoms with Crippen molar-refractivity contribution in [2.45, 2.75) is 84.7 Å². The molecule has 2 saturated heterocycles. The highest BCUT2D eigenvalue weighted by Gasteiger charge is 2.50. The molecular weight excluding hydrogens is 293 g/mol. The van der Waals surface area contributed by atoms with Crippen molar-refractivity contribution in [2.75, 3.05) is 6.54 Å². The largest absolute Gasteiger partial charge is 0.487 e. The Labute approximate surface area is 140 Å². The summed E-state index contributed by atoms with van der Waals surface area (Å²) in [5, 5.41) is 0. The Kier molecular flexibility index (Phi) is 4.64. The molecule has 2 aliphatic rings. The lowest BCUT2D eigenvalue weighted by Crippen LogP contribution is -2.41. The summed E-state index contributed by atoms with van der Waals surface area (Å²) in [6.45, 7) is 16.4. The first-order chi connectivity index (χ1) is 10.3. The maximum absolute atomic E-state index is 12.3. The van der Waals surface area contributed by atoms with Gasteiger partial charge in [0, 0.05) is 12.6 Å². The third kappa shape index (κ3) is 4.10. The molecule has 0 aromatic heterocycles. The Hall–Kier alpha value is -1.01. The second-order valence-electron chi connectivity index (χ2n) is 8.61. The van der Waals surface area contributed by atoms with Crippen LogP contribution in [-0.4, -0.2) is 47.5 Å². The van der Waals surface area contributed by atoms with Gasteiger partial charge in [0.1, 0.15) is 5.60 Å². The Balaban J connectivity index is 2.03. The zero-order valence-corrected chi connectivity index (χ0v) is 15.7. The minimum Gasteiger partial charge on any atom is -0.444 e. The van der Waals surface area contributed by atoms with Crippen LogP contribution in [0.1, 0.15) is 61.8 Å². The van der Waals surface area contributed by atoms with E-state index in [1.54, 1.807) is 4.90 Å². The lowest BCUT2D eigenvalue weighted by atomic mass is 9.86. The van der Waals surface area contributed by atoms with Gasteiger partial charge in [-0.2, -0.15) is 0 Å². The summed E-state index contributed by atoms with van der Waals surface area (Å²) in [6, 6.07) is 0.124. The highest BCUT2D eigenvalue weighted by molar-refractivity contribution is 6.51. The Morgan fingerprint density at radius 1 is 1.26 bits per heavy atom. The van der Waals surface area contributed by atoms with Crippen LogP contribution in [0.5, 0.6) is 0 Å². The summed E-state index contributed by atoms with van der Waals surface area (Å²) in [7, 11) is -0.360. The maximum atomic E-state index is 12.3. The number of nitrogens with zero attached hydrogens (tertiary/aromatic N) is 1. The van der Waals surface area contributed by atoms with Crippen LogP contribution in [0, 0.1) is 0 Å². The number of likely N-dealkylation sites (tertiary alicyclic amines) is 1. The highest BCUT2D eigenvalue weighted by Crippen LogP contribution is 2.37. The van der Waals surface area contributed by atoms with Crippen LogP contribution in [0.2, 0.25) is 0 Å². The predicted octanol–water partition coefficient (Wildman–Crippen LogP) is 3.57. The number of hydrogen-bond acceptors (Lipinski definition) is 4. The van der Waals surface area contributed by atoms with E-state index in [-0.39, 0.29) is 30.5 Å². The number of carbonyl (C=O) groups is 1. The van der Waals surface area contributed by atoms with E-state index in [0.717, 1.165) is 12.0 Å². The van der Waals surface area contributed by atoms with E-state index in [0.29, 0.717) is 6.54 Å². The van der Waals surface area contributed by atoms with Crippen molar-refractivity contribution in [2.24, 2.45) is 0 Å². The number of amides is 1. The van der Waals surface area contributed by atoms with Crippen LogP contribution < -0.4 is 0 Å². The van der Waals surface area contributed by atoms with Crippen LogP contribution in [-0.2, 0) is 14.0 Å². The summed E-state index contributed by atoms with van der Waals surface area (Å²) < 4.78 is 17.5. The molecule has 23 heavy (non-hydrogen) atoms. The molecule has 2 fully saturated rings. The highest BCUT2D eigenvalue weighted by atomic mass is 16.7. The maximum Gasteiger partial charge on any atom is 0.487 e. The van der Waals surface area contributed by atoms with Gasteiger partial charge in [0.15, 0.2) is 0 Å². The monoisotopic (exact) mass is 323 g/mol. The molecule has 0 unspecified atom stereocenters. The Morgan fingerprint density at radius 3 is 2.26 bits per heavy atom. The zero-order valence-electron chi connectivity index (χ0n) is 15.7. The molecule has 130 valence electrons. The van der Waals surface area contributed by atoms with Gasteiger partial charge in [-0.05, 0) is 61.8 Å². The minimum atomic E-state index is -0.477. The van der Waals surface area contributed by atoms with Crippen LogP contribution in [0.4, 0.5) is 4.79 Å². The van der Waals surface area contributed by atoms with Gasteiger partial charge in [-0.25, -0.2) is 4.79 Å². The fraction of sp³-hybridized carbons (Fsp3) is 0.824. The Morgan fingerprint density at radius 2 is 1.78 bits per heavy atom. The number of rotatable bonds is 1. The average molecular weight is 323 g/mol. The van der Waals surface area contributed by atoms with Crippen molar-refractivity contribution in [1.29, 1.82) is 0 Å². The quantitative estimate of drug-likeness (QED) is 0.692. The standard InChI is InChI=1S/C17H30BNO4/c1-12-9-13(11-19(12)14(20)21-15(2,3)4)10-18-22-16(5,6)17(7,8)23-18/h10,12H,9,11H2,1-8H3/b13-10-/t12-/m1/s1. The van der Waals surface area contributed by atoms with Crippen molar-refractivity contribution in [1.82, 2.24) is 4.90 Å².